The Hall–Kier alpha value is -1.81. The highest BCUT2D eigenvalue weighted by molar-refractivity contribution is 5.38. The number of hydrogen-bond acceptors (Lipinski definition) is 3. The standard InChI is InChI=1S/C17H25N3O/c1-5-12-19(4)13-16-10-11-18-20(16)15-6-8-17(9-7-15)21-14(2)3/h6-11,14H,5,12-13H2,1-4H3. The van der Waals surface area contributed by atoms with E-state index in [1.807, 2.05) is 49.0 Å². The minimum atomic E-state index is 0.193. The van der Waals surface area contributed by atoms with Crippen molar-refractivity contribution in [3.05, 3.63) is 42.2 Å². The molecule has 0 atom stereocenters. The largest absolute Gasteiger partial charge is 0.491 e. The van der Waals surface area contributed by atoms with Crippen LogP contribution in [-0.4, -0.2) is 34.4 Å². The third-order valence-corrected chi connectivity index (χ3v) is 3.21. The lowest BCUT2D eigenvalue weighted by atomic mass is 10.3. The summed E-state index contributed by atoms with van der Waals surface area (Å²) in [7, 11) is 2.14. The van der Waals surface area contributed by atoms with E-state index in [0.717, 1.165) is 30.9 Å². The first-order valence-electron chi connectivity index (χ1n) is 7.58. The number of rotatable bonds is 7. The highest BCUT2D eigenvalue weighted by Gasteiger charge is 2.08. The Morgan fingerprint density at radius 2 is 1.90 bits per heavy atom. The van der Waals surface area contributed by atoms with Crippen LogP contribution in [0.3, 0.4) is 0 Å². The van der Waals surface area contributed by atoms with Crippen molar-refractivity contribution < 1.29 is 4.74 Å². The molecule has 1 heterocycles. The molecule has 0 aliphatic rings. The average molecular weight is 287 g/mol. The van der Waals surface area contributed by atoms with E-state index < -0.39 is 0 Å². The molecule has 2 aromatic rings. The van der Waals surface area contributed by atoms with Gasteiger partial charge in [0.25, 0.3) is 0 Å². The first kappa shape index (κ1) is 15.6. The summed E-state index contributed by atoms with van der Waals surface area (Å²) in [4.78, 5) is 2.31. The van der Waals surface area contributed by atoms with E-state index in [9.17, 15) is 0 Å². The normalized spacial score (nSPS) is 11.3. The molecule has 0 amide bonds. The maximum atomic E-state index is 5.68. The Morgan fingerprint density at radius 1 is 1.19 bits per heavy atom. The quantitative estimate of drug-likeness (QED) is 0.781. The molecule has 0 aliphatic heterocycles. The van der Waals surface area contributed by atoms with E-state index in [0.29, 0.717) is 0 Å². The van der Waals surface area contributed by atoms with Crippen LogP contribution in [-0.2, 0) is 6.54 Å². The molecule has 0 bridgehead atoms. The predicted octanol–water partition coefficient (Wildman–Crippen LogP) is 3.50. The zero-order valence-corrected chi connectivity index (χ0v) is 13.4. The Kier molecular flexibility index (Phi) is 5.39. The highest BCUT2D eigenvalue weighted by Crippen LogP contribution is 2.18. The van der Waals surface area contributed by atoms with Crippen molar-refractivity contribution in [1.82, 2.24) is 14.7 Å². The summed E-state index contributed by atoms with van der Waals surface area (Å²) in [5.74, 6) is 0.894. The number of hydrogen-bond donors (Lipinski definition) is 0. The first-order chi connectivity index (χ1) is 10.1. The van der Waals surface area contributed by atoms with Crippen molar-refractivity contribution in [3.63, 3.8) is 0 Å². The molecule has 0 aliphatic carbocycles. The van der Waals surface area contributed by atoms with Gasteiger partial charge in [-0.1, -0.05) is 6.92 Å². The molecule has 0 saturated carbocycles. The van der Waals surface area contributed by atoms with Gasteiger partial charge in [0.05, 0.1) is 17.5 Å². The summed E-state index contributed by atoms with van der Waals surface area (Å²) < 4.78 is 7.67. The van der Waals surface area contributed by atoms with Crippen LogP contribution < -0.4 is 4.74 Å². The lowest BCUT2D eigenvalue weighted by Crippen LogP contribution is -2.20. The van der Waals surface area contributed by atoms with Gasteiger partial charge in [-0.3, -0.25) is 0 Å². The fraction of sp³-hybridized carbons (Fsp3) is 0.471. The van der Waals surface area contributed by atoms with E-state index in [4.69, 9.17) is 4.74 Å². The van der Waals surface area contributed by atoms with Gasteiger partial charge >= 0.3 is 0 Å². The minimum Gasteiger partial charge on any atom is -0.491 e. The van der Waals surface area contributed by atoms with Crippen LogP contribution >= 0.6 is 0 Å². The molecule has 114 valence electrons. The van der Waals surface area contributed by atoms with Gasteiger partial charge in [0, 0.05) is 12.7 Å². The Labute approximate surface area is 127 Å². The molecule has 0 fully saturated rings. The maximum Gasteiger partial charge on any atom is 0.119 e. The predicted molar refractivity (Wildman–Crippen MR) is 86.0 cm³/mol. The van der Waals surface area contributed by atoms with Crippen molar-refractivity contribution in [3.8, 4) is 11.4 Å². The van der Waals surface area contributed by atoms with Crippen molar-refractivity contribution in [2.24, 2.45) is 0 Å². The summed E-state index contributed by atoms with van der Waals surface area (Å²) in [6.45, 7) is 8.25. The van der Waals surface area contributed by atoms with Gasteiger partial charge in [0.2, 0.25) is 0 Å². The van der Waals surface area contributed by atoms with E-state index in [1.54, 1.807) is 0 Å². The van der Waals surface area contributed by atoms with E-state index in [-0.39, 0.29) is 6.10 Å². The number of aromatic nitrogens is 2. The van der Waals surface area contributed by atoms with Crippen LogP contribution in [0, 0.1) is 0 Å². The fourth-order valence-electron chi connectivity index (χ4n) is 2.36. The van der Waals surface area contributed by atoms with Gasteiger partial charge in [-0.05, 0) is 64.2 Å². The average Bonchev–Trinajstić information content (AvgIpc) is 2.87. The molecule has 0 radical (unpaired) electrons. The second-order valence-electron chi connectivity index (χ2n) is 5.63. The zero-order valence-electron chi connectivity index (χ0n) is 13.4. The molecule has 4 nitrogen and oxygen atoms in total. The molecule has 0 N–H and O–H groups in total. The zero-order chi connectivity index (χ0) is 15.2. The summed E-state index contributed by atoms with van der Waals surface area (Å²) in [6.07, 6.45) is 3.21. The summed E-state index contributed by atoms with van der Waals surface area (Å²) >= 11 is 0. The van der Waals surface area contributed by atoms with Crippen molar-refractivity contribution >= 4 is 0 Å². The van der Waals surface area contributed by atoms with Gasteiger partial charge in [-0.15, -0.1) is 0 Å². The third kappa shape index (κ3) is 4.33. The number of benzene rings is 1. The molecular formula is C17H25N3O. The third-order valence-electron chi connectivity index (χ3n) is 3.21. The second kappa shape index (κ2) is 7.27. The van der Waals surface area contributed by atoms with Crippen LogP contribution in [0.15, 0.2) is 36.5 Å². The van der Waals surface area contributed by atoms with Crippen LogP contribution in [0.5, 0.6) is 5.75 Å². The molecule has 4 heteroatoms. The van der Waals surface area contributed by atoms with Gasteiger partial charge in [0.1, 0.15) is 5.75 Å². The molecule has 21 heavy (non-hydrogen) atoms. The summed E-state index contributed by atoms with van der Waals surface area (Å²) in [5.41, 5.74) is 2.26. The SMILES string of the molecule is CCCN(C)Cc1ccnn1-c1ccc(OC(C)C)cc1. The summed E-state index contributed by atoms with van der Waals surface area (Å²) in [5, 5.41) is 4.44. The van der Waals surface area contributed by atoms with Gasteiger partial charge in [-0.2, -0.15) is 5.10 Å². The molecule has 1 aromatic carbocycles. The molecule has 0 spiro atoms. The second-order valence-corrected chi connectivity index (χ2v) is 5.63. The fourth-order valence-corrected chi connectivity index (χ4v) is 2.36. The maximum absolute atomic E-state index is 5.68. The van der Waals surface area contributed by atoms with Crippen LogP contribution in [0.1, 0.15) is 32.9 Å². The van der Waals surface area contributed by atoms with Gasteiger partial charge in [-0.25, -0.2) is 4.68 Å². The Morgan fingerprint density at radius 3 is 2.52 bits per heavy atom. The number of nitrogens with zero attached hydrogens (tertiary/aromatic N) is 3. The first-order valence-corrected chi connectivity index (χ1v) is 7.58. The Bertz CT molecular complexity index is 545. The monoisotopic (exact) mass is 287 g/mol. The number of ether oxygens (including phenoxy) is 1. The Balaban J connectivity index is 2.13. The smallest absolute Gasteiger partial charge is 0.119 e. The van der Waals surface area contributed by atoms with Crippen molar-refractivity contribution in [1.29, 1.82) is 0 Å². The van der Waals surface area contributed by atoms with Crippen molar-refractivity contribution in [2.75, 3.05) is 13.6 Å². The highest BCUT2D eigenvalue weighted by atomic mass is 16.5. The van der Waals surface area contributed by atoms with E-state index in [2.05, 4.69) is 30.0 Å². The molecule has 0 saturated heterocycles. The van der Waals surface area contributed by atoms with Gasteiger partial charge < -0.3 is 9.64 Å². The molecule has 0 unspecified atom stereocenters. The van der Waals surface area contributed by atoms with E-state index in [1.165, 1.54) is 5.69 Å². The van der Waals surface area contributed by atoms with Crippen molar-refractivity contribution in [2.45, 2.75) is 39.8 Å². The van der Waals surface area contributed by atoms with Gasteiger partial charge in [0.15, 0.2) is 0 Å². The minimum absolute atomic E-state index is 0.193. The molecule has 2 rings (SSSR count). The topological polar surface area (TPSA) is 30.3 Å². The lowest BCUT2D eigenvalue weighted by molar-refractivity contribution is 0.242. The molecule has 1 aromatic heterocycles. The summed E-state index contributed by atoms with van der Waals surface area (Å²) in [6, 6.07) is 10.2. The van der Waals surface area contributed by atoms with E-state index >= 15 is 0 Å². The van der Waals surface area contributed by atoms with Crippen LogP contribution in [0.25, 0.3) is 5.69 Å². The van der Waals surface area contributed by atoms with Crippen LogP contribution in [0.2, 0.25) is 0 Å². The lowest BCUT2D eigenvalue weighted by Gasteiger charge is -2.16. The van der Waals surface area contributed by atoms with Crippen LogP contribution in [0.4, 0.5) is 0 Å². The molecular weight excluding hydrogens is 262 g/mol.